The van der Waals surface area contributed by atoms with E-state index in [-0.39, 0.29) is 18.0 Å². The summed E-state index contributed by atoms with van der Waals surface area (Å²) in [5.41, 5.74) is 10.2. The molecule has 4 aromatic rings. The molecule has 1 aromatic carbocycles. The zero-order valence-electron chi connectivity index (χ0n) is 27.3. The minimum atomic E-state index is -0.604. The average molecular weight is 617 g/mol. The van der Waals surface area contributed by atoms with E-state index in [1.165, 1.54) is 12.8 Å². The van der Waals surface area contributed by atoms with Crippen molar-refractivity contribution in [2.75, 3.05) is 27.2 Å². The predicted molar refractivity (Wildman–Crippen MR) is 173 cm³/mol. The van der Waals surface area contributed by atoms with Gasteiger partial charge in [0, 0.05) is 44.2 Å². The van der Waals surface area contributed by atoms with Gasteiger partial charge in [0.1, 0.15) is 22.5 Å². The average Bonchev–Trinajstić information content (AvgIpc) is 3.65. The number of amides is 2. The fourth-order valence-electron chi connectivity index (χ4n) is 6.02. The molecule has 45 heavy (non-hydrogen) atoms. The third kappa shape index (κ3) is 6.21. The summed E-state index contributed by atoms with van der Waals surface area (Å²) in [5.74, 6) is 1.74. The number of carbonyl (C=O) groups excluding carboxylic acids is 2. The molecule has 0 unspecified atom stereocenters. The molecule has 1 aliphatic carbocycles. The van der Waals surface area contributed by atoms with E-state index in [4.69, 9.17) is 25.2 Å². The van der Waals surface area contributed by atoms with Crippen molar-refractivity contribution in [3.63, 3.8) is 0 Å². The van der Waals surface area contributed by atoms with Gasteiger partial charge in [-0.25, -0.2) is 19.8 Å². The second kappa shape index (κ2) is 11.6. The predicted octanol–water partition coefficient (Wildman–Crippen LogP) is 4.61. The number of aromatic nitrogens is 4. The van der Waals surface area contributed by atoms with Gasteiger partial charge in [0.2, 0.25) is 0 Å². The number of benzene rings is 1. The molecular formula is C33H44N8O4. The summed E-state index contributed by atoms with van der Waals surface area (Å²) in [6.45, 7) is 9.20. The van der Waals surface area contributed by atoms with Crippen molar-refractivity contribution in [2.45, 2.75) is 71.2 Å². The lowest BCUT2D eigenvalue weighted by atomic mass is 10.1. The third-order valence-electron chi connectivity index (χ3n) is 8.56. The molecule has 4 heterocycles. The maximum absolute atomic E-state index is 14.0. The number of nitrogens with two attached hydrogens (primary N) is 1. The summed E-state index contributed by atoms with van der Waals surface area (Å²) in [6.07, 6.45) is 2.61. The van der Waals surface area contributed by atoms with E-state index in [2.05, 4.69) is 22.0 Å². The topological polar surface area (TPSA) is 133 Å². The van der Waals surface area contributed by atoms with Crippen LogP contribution in [0.15, 0.2) is 30.3 Å². The number of nitrogens with one attached hydrogen (secondary N) is 1. The van der Waals surface area contributed by atoms with Crippen molar-refractivity contribution in [1.29, 1.82) is 0 Å². The molecule has 2 aliphatic rings. The number of aryl methyl sites for hydroxylation is 1. The Hall–Kier alpha value is -4.16. The minimum absolute atomic E-state index is 0.166. The first-order valence-electron chi connectivity index (χ1n) is 15.7. The van der Waals surface area contributed by atoms with Crippen LogP contribution >= 0.6 is 0 Å². The number of nitrogens with zero attached hydrogens (tertiary/aromatic N) is 6. The van der Waals surface area contributed by atoms with Crippen molar-refractivity contribution in [2.24, 2.45) is 18.7 Å². The van der Waals surface area contributed by atoms with Gasteiger partial charge in [-0.3, -0.25) is 9.80 Å². The normalized spacial score (nSPS) is 18.4. The molecule has 240 valence electrons. The van der Waals surface area contributed by atoms with Gasteiger partial charge in [0.05, 0.1) is 36.6 Å². The molecule has 2 fully saturated rings. The second-order valence-electron chi connectivity index (χ2n) is 13.5. The third-order valence-corrected chi connectivity index (χ3v) is 8.56. The van der Waals surface area contributed by atoms with E-state index in [1.807, 2.05) is 63.5 Å². The van der Waals surface area contributed by atoms with Crippen molar-refractivity contribution in [1.82, 2.24) is 34.4 Å². The van der Waals surface area contributed by atoms with Crippen LogP contribution in [0.2, 0.25) is 0 Å². The van der Waals surface area contributed by atoms with Gasteiger partial charge in [0.15, 0.2) is 5.82 Å². The van der Waals surface area contributed by atoms with Gasteiger partial charge >= 0.3 is 6.09 Å². The Bertz CT molecular complexity index is 1760. The lowest BCUT2D eigenvalue weighted by Gasteiger charge is -2.40. The number of carbonyl (C=O) groups is 2. The van der Waals surface area contributed by atoms with Crippen LogP contribution in [0, 0.1) is 5.92 Å². The van der Waals surface area contributed by atoms with Gasteiger partial charge in [-0.1, -0.05) is 0 Å². The fraction of sp³-hybridized carbons (Fsp3) is 0.515. The summed E-state index contributed by atoms with van der Waals surface area (Å²) in [6, 6.07) is 9.38. The molecular weight excluding hydrogens is 572 g/mol. The van der Waals surface area contributed by atoms with E-state index >= 15 is 0 Å². The van der Waals surface area contributed by atoms with Crippen LogP contribution in [0.3, 0.4) is 0 Å². The molecule has 1 saturated heterocycles. The number of pyridine rings is 1. The molecule has 3 N–H and O–H groups in total. The largest absolute Gasteiger partial charge is 0.494 e. The van der Waals surface area contributed by atoms with E-state index < -0.39 is 11.7 Å². The van der Waals surface area contributed by atoms with Crippen LogP contribution in [0.25, 0.3) is 33.6 Å². The Morgan fingerprint density at radius 2 is 1.87 bits per heavy atom. The first kappa shape index (κ1) is 30.8. The van der Waals surface area contributed by atoms with Crippen LogP contribution in [0.5, 0.6) is 5.75 Å². The highest BCUT2D eigenvalue weighted by atomic mass is 16.6. The Morgan fingerprint density at radius 1 is 1.11 bits per heavy atom. The van der Waals surface area contributed by atoms with Crippen molar-refractivity contribution in [3.8, 4) is 17.3 Å². The summed E-state index contributed by atoms with van der Waals surface area (Å²) in [5, 5.41) is 7.50. The maximum atomic E-state index is 14.0. The zero-order chi connectivity index (χ0) is 32.2. The highest BCUT2D eigenvalue weighted by Gasteiger charge is 2.32. The smallest absolute Gasteiger partial charge is 0.407 e. The van der Waals surface area contributed by atoms with Crippen molar-refractivity contribution >= 4 is 34.1 Å². The highest BCUT2D eigenvalue weighted by Crippen LogP contribution is 2.38. The SMILES string of the molecule is COc1cc(C(=O)N2C[C@H](NC(=O)OC(C)(C)C)CCN2C)cc2nc(-c3cc4ccc([C@@H](C)N)nc4n3CC3CC3)n(C)c12. The molecule has 0 spiro atoms. The minimum Gasteiger partial charge on any atom is -0.494 e. The van der Waals surface area contributed by atoms with E-state index in [9.17, 15) is 9.59 Å². The van der Waals surface area contributed by atoms with Crippen molar-refractivity contribution < 1.29 is 19.1 Å². The van der Waals surface area contributed by atoms with Crippen molar-refractivity contribution in [3.05, 3.63) is 41.6 Å². The van der Waals surface area contributed by atoms with Crippen LogP contribution in [0.4, 0.5) is 4.79 Å². The second-order valence-corrected chi connectivity index (χ2v) is 13.5. The summed E-state index contributed by atoms with van der Waals surface area (Å²) < 4.78 is 15.6. The number of hydrazine groups is 1. The monoisotopic (exact) mass is 616 g/mol. The number of rotatable bonds is 7. The number of alkyl carbamates (subject to hydrolysis) is 1. The van der Waals surface area contributed by atoms with Gasteiger partial charge in [0.25, 0.3) is 5.91 Å². The zero-order valence-corrected chi connectivity index (χ0v) is 27.3. The van der Waals surface area contributed by atoms with E-state index in [0.717, 1.165) is 40.3 Å². The van der Waals surface area contributed by atoms with Gasteiger partial charge in [-0.15, -0.1) is 0 Å². The number of ether oxygens (including phenoxy) is 2. The molecule has 2 atom stereocenters. The van der Waals surface area contributed by atoms with E-state index in [0.29, 0.717) is 42.3 Å². The fourth-order valence-corrected chi connectivity index (χ4v) is 6.02. The molecule has 6 rings (SSSR count). The molecule has 1 aliphatic heterocycles. The molecule has 0 radical (unpaired) electrons. The molecule has 0 bridgehead atoms. The lowest BCUT2D eigenvalue weighted by Crippen LogP contribution is -2.57. The Kier molecular flexibility index (Phi) is 7.98. The number of hydrogen-bond acceptors (Lipinski definition) is 8. The summed E-state index contributed by atoms with van der Waals surface area (Å²) in [7, 11) is 5.45. The summed E-state index contributed by atoms with van der Waals surface area (Å²) >= 11 is 0. The number of imidazole rings is 1. The van der Waals surface area contributed by atoms with E-state index in [1.54, 1.807) is 18.2 Å². The molecule has 1 saturated carbocycles. The van der Waals surface area contributed by atoms with Crippen LogP contribution in [-0.2, 0) is 18.3 Å². The number of fused-ring (bicyclic) bond motifs is 2. The Labute approximate surface area is 263 Å². The van der Waals surface area contributed by atoms with Crippen LogP contribution in [-0.4, -0.2) is 80.0 Å². The van der Waals surface area contributed by atoms with Gasteiger partial charge in [-0.2, -0.15) is 0 Å². The number of hydrogen-bond donors (Lipinski definition) is 2. The molecule has 12 heteroatoms. The standard InChI is InChI=1S/C33H44N8O4/c1-19(34)24-11-10-21-15-26(40(29(21)36-24)17-20-8-9-20)30-37-25-14-22(16-27(44-7)28(25)39(30)6)31(42)41-18-23(12-13-38(41)5)35-32(43)45-33(2,3)4/h10-11,14-16,19-20,23H,8-9,12-13,17-18,34H2,1-7H3,(H,35,43)/t19-,23-/m1/s1. The van der Waals surface area contributed by atoms with Gasteiger partial charge < -0.3 is 29.7 Å². The molecule has 2 amide bonds. The maximum Gasteiger partial charge on any atom is 0.407 e. The first-order valence-corrected chi connectivity index (χ1v) is 15.7. The Morgan fingerprint density at radius 3 is 2.53 bits per heavy atom. The molecule has 3 aromatic heterocycles. The summed E-state index contributed by atoms with van der Waals surface area (Å²) in [4.78, 5) is 36.4. The Balaban J connectivity index is 1.35. The quantitative estimate of drug-likeness (QED) is 0.308. The van der Waals surface area contributed by atoms with Crippen LogP contribution in [0.1, 0.15) is 69.1 Å². The van der Waals surface area contributed by atoms with Crippen LogP contribution < -0.4 is 15.8 Å². The molecule has 12 nitrogen and oxygen atoms in total. The van der Waals surface area contributed by atoms with Gasteiger partial charge in [-0.05, 0) is 83.2 Å². The number of methoxy groups -OCH3 is 1. The first-order chi connectivity index (χ1) is 21.3. The lowest BCUT2D eigenvalue weighted by molar-refractivity contribution is -0.0231. The highest BCUT2D eigenvalue weighted by molar-refractivity contribution is 6.00.